The lowest BCUT2D eigenvalue weighted by Crippen LogP contribution is -2.36. The Labute approximate surface area is 79.8 Å². The summed E-state index contributed by atoms with van der Waals surface area (Å²) in [5.41, 5.74) is 0.956. The van der Waals surface area contributed by atoms with Crippen LogP contribution in [0.3, 0.4) is 0 Å². The smallest absolute Gasteiger partial charge is 0.191 e. The molecule has 1 aromatic rings. The first-order valence-corrected chi connectivity index (χ1v) is 4.47. The van der Waals surface area contributed by atoms with Gasteiger partial charge in [-0.25, -0.2) is 4.98 Å². The van der Waals surface area contributed by atoms with E-state index in [4.69, 9.17) is 4.42 Å². The summed E-state index contributed by atoms with van der Waals surface area (Å²) in [5.74, 6) is 1.65. The third-order valence-electron chi connectivity index (χ3n) is 2.60. The number of rotatable bonds is 2. The van der Waals surface area contributed by atoms with Gasteiger partial charge in [0.1, 0.15) is 11.5 Å². The van der Waals surface area contributed by atoms with Crippen molar-refractivity contribution in [2.45, 2.75) is 33.2 Å². The van der Waals surface area contributed by atoms with E-state index in [0.29, 0.717) is 0 Å². The molecule has 0 aromatic carbocycles. The molecule has 0 radical (unpaired) electrons. The Balaban J connectivity index is 3.13. The summed E-state index contributed by atoms with van der Waals surface area (Å²) in [5, 5.41) is 0. The van der Waals surface area contributed by atoms with Crippen molar-refractivity contribution in [3.05, 3.63) is 17.3 Å². The molecule has 1 aromatic heterocycles. The molecule has 74 valence electrons. The number of hydrogen-bond donors (Lipinski definition) is 0. The van der Waals surface area contributed by atoms with E-state index in [1.165, 1.54) is 0 Å². The van der Waals surface area contributed by atoms with Crippen molar-refractivity contribution in [2.75, 3.05) is 14.1 Å². The number of aromatic nitrogens is 1. The minimum atomic E-state index is -0.0676. The van der Waals surface area contributed by atoms with E-state index in [2.05, 4.69) is 23.7 Å². The zero-order valence-corrected chi connectivity index (χ0v) is 9.30. The molecule has 0 spiro atoms. The fourth-order valence-electron chi connectivity index (χ4n) is 1.31. The SMILES string of the molecule is Cc1nc(C(C)(C)N(C)C)c(C)o1. The van der Waals surface area contributed by atoms with E-state index in [-0.39, 0.29) is 5.54 Å². The van der Waals surface area contributed by atoms with Gasteiger partial charge in [-0.2, -0.15) is 0 Å². The molecule has 13 heavy (non-hydrogen) atoms. The van der Waals surface area contributed by atoms with Crippen LogP contribution in [0.5, 0.6) is 0 Å². The van der Waals surface area contributed by atoms with E-state index < -0.39 is 0 Å². The van der Waals surface area contributed by atoms with Crippen LogP contribution in [-0.4, -0.2) is 24.0 Å². The normalized spacial score (nSPS) is 12.5. The quantitative estimate of drug-likeness (QED) is 0.701. The van der Waals surface area contributed by atoms with Crippen molar-refractivity contribution in [2.24, 2.45) is 0 Å². The molecule has 0 unspecified atom stereocenters. The van der Waals surface area contributed by atoms with Crippen LogP contribution in [-0.2, 0) is 5.54 Å². The van der Waals surface area contributed by atoms with Crippen LogP contribution in [0.2, 0.25) is 0 Å². The molecule has 1 heterocycles. The highest BCUT2D eigenvalue weighted by Crippen LogP contribution is 2.27. The summed E-state index contributed by atoms with van der Waals surface area (Å²) >= 11 is 0. The monoisotopic (exact) mass is 182 g/mol. The Bertz CT molecular complexity index is 300. The molecule has 0 atom stereocenters. The summed E-state index contributed by atoms with van der Waals surface area (Å²) in [4.78, 5) is 6.53. The average Bonchev–Trinajstić information content (AvgIpc) is 2.30. The Morgan fingerprint density at radius 3 is 2.08 bits per heavy atom. The molecule has 0 amide bonds. The van der Waals surface area contributed by atoms with Crippen molar-refractivity contribution in [3.8, 4) is 0 Å². The number of nitrogens with zero attached hydrogens (tertiary/aromatic N) is 2. The Morgan fingerprint density at radius 1 is 1.23 bits per heavy atom. The lowest BCUT2D eigenvalue weighted by molar-refractivity contribution is 0.190. The van der Waals surface area contributed by atoms with E-state index in [1.807, 2.05) is 27.9 Å². The molecule has 0 aliphatic carbocycles. The minimum absolute atomic E-state index is 0.0676. The maximum atomic E-state index is 5.41. The van der Waals surface area contributed by atoms with Crippen molar-refractivity contribution in [1.29, 1.82) is 0 Å². The molecule has 1 rings (SSSR count). The van der Waals surface area contributed by atoms with Crippen LogP contribution in [0.1, 0.15) is 31.2 Å². The molecule has 3 heteroatoms. The van der Waals surface area contributed by atoms with Crippen molar-refractivity contribution >= 4 is 0 Å². The maximum Gasteiger partial charge on any atom is 0.191 e. The summed E-state index contributed by atoms with van der Waals surface area (Å²) in [6.45, 7) is 8.11. The highest BCUT2D eigenvalue weighted by atomic mass is 16.4. The van der Waals surface area contributed by atoms with Crippen LogP contribution in [0.4, 0.5) is 0 Å². The first-order valence-electron chi connectivity index (χ1n) is 4.47. The molecule has 0 bridgehead atoms. The Morgan fingerprint density at radius 2 is 1.77 bits per heavy atom. The van der Waals surface area contributed by atoms with E-state index in [1.54, 1.807) is 0 Å². The highest BCUT2D eigenvalue weighted by Gasteiger charge is 2.28. The van der Waals surface area contributed by atoms with E-state index >= 15 is 0 Å². The Hall–Kier alpha value is -0.830. The number of hydrogen-bond acceptors (Lipinski definition) is 3. The molecule has 0 saturated heterocycles. The Kier molecular flexibility index (Phi) is 2.48. The van der Waals surface area contributed by atoms with E-state index in [9.17, 15) is 0 Å². The van der Waals surface area contributed by atoms with Gasteiger partial charge in [-0.05, 0) is 34.9 Å². The predicted octanol–water partition coefficient (Wildman–Crippen LogP) is 2.09. The largest absolute Gasteiger partial charge is 0.446 e. The molecule has 0 aliphatic heterocycles. The molecule has 0 N–H and O–H groups in total. The lowest BCUT2D eigenvalue weighted by atomic mass is 9.98. The van der Waals surface area contributed by atoms with Gasteiger partial charge in [0.2, 0.25) is 0 Å². The lowest BCUT2D eigenvalue weighted by Gasteiger charge is -2.30. The van der Waals surface area contributed by atoms with Crippen molar-refractivity contribution in [1.82, 2.24) is 9.88 Å². The molecule has 0 aliphatic rings. The number of oxazole rings is 1. The maximum absolute atomic E-state index is 5.41. The van der Waals surface area contributed by atoms with Crippen LogP contribution in [0.25, 0.3) is 0 Å². The minimum Gasteiger partial charge on any atom is -0.446 e. The third-order valence-corrected chi connectivity index (χ3v) is 2.60. The predicted molar refractivity (Wildman–Crippen MR) is 52.7 cm³/mol. The van der Waals surface area contributed by atoms with Gasteiger partial charge in [-0.1, -0.05) is 0 Å². The first-order chi connectivity index (χ1) is 5.85. The zero-order chi connectivity index (χ0) is 10.2. The fraction of sp³-hybridized carbons (Fsp3) is 0.700. The zero-order valence-electron chi connectivity index (χ0n) is 9.30. The molecule has 3 nitrogen and oxygen atoms in total. The van der Waals surface area contributed by atoms with Crippen LogP contribution in [0.15, 0.2) is 4.42 Å². The second-order valence-corrected chi connectivity index (χ2v) is 4.09. The van der Waals surface area contributed by atoms with Gasteiger partial charge in [0.15, 0.2) is 5.89 Å². The molecular formula is C10H18N2O. The summed E-state index contributed by atoms with van der Waals surface area (Å²) in [6, 6.07) is 0. The van der Waals surface area contributed by atoms with Gasteiger partial charge >= 0.3 is 0 Å². The van der Waals surface area contributed by atoms with Crippen molar-refractivity contribution in [3.63, 3.8) is 0 Å². The summed E-state index contributed by atoms with van der Waals surface area (Å²) in [6.07, 6.45) is 0. The van der Waals surface area contributed by atoms with Gasteiger partial charge in [0.05, 0.1) is 5.54 Å². The standard InChI is InChI=1S/C10H18N2O/c1-7-9(11-8(2)13-7)10(3,4)12(5)6/h1-6H3. The number of aryl methyl sites for hydroxylation is 2. The fourth-order valence-corrected chi connectivity index (χ4v) is 1.31. The highest BCUT2D eigenvalue weighted by molar-refractivity contribution is 5.17. The van der Waals surface area contributed by atoms with E-state index in [0.717, 1.165) is 17.3 Å². The van der Waals surface area contributed by atoms with Crippen LogP contribution >= 0.6 is 0 Å². The second-order valence-electron chi connectivity index (χ2n) is 4.09. The first kappa shape index (κ1) is 10.3. The van der Waals surface area contributed by atoms with Gasteiger partial charge in [0.25, 0.3) is 0 Å². The van der Waals surface area contributed by atoms with Crippen LogP contribution < -0.4 is 0 Å². The van der Waals surface area contributed by atoms with Gasteiger partial charge < -0.3 is 4.42 Å². The topological polar surface area (TPSA) is 29.3 Å². The van der Waals surface area contributed by atoms with Gasteiger partial charge in [-0.15, -0.1) is 0 Å². The molecule has 0 saturated carbocycles. The second kappa shape index (κ2) is 3.14. The van der Waals surface area contributed by atoms with Crippen molar-refractivity contribution < 1.29 is 4.42 Å². The summed E-state index contributed by atoms with van der Waals surface area (Å²) in [7, 11) is 4.09. The van der Waals surface area contributed by atoms with Gasteiger partial charge in [0, 0.05) is 6.92 Å². The molecular weight excluding hydrogens is 164 g/mol. The van der Waals surface area contributed by atoms with Gasteiger partial charge in [-0.3, -0.25) is 4.90 Å². The average molecular weight is 182 g/mol. The van der Waals surface area contributed by atoms with Crippen LogP contribution in [0, 0.1) is 13.8 Å². The molecule has 0 fully saturated rings. The third kappa shape index (κ3) is 1.75. The summed E-state index contributed by atoms with van der Waals surface area (Å²) < 4.78 is 5.41.